The maximum absolute atomic E-state index is 10.9. The fourth-order valence-electron chi connectivity index (χ4n) is 3.35. The van der Waals surface area contributed by atoms with Crippen molar-refractivity contribution < 1.29 is 28.7 Å². The van der Waals surface area contributed by atoms with Crippen LogP contribution in [0.5, 0.6) is 0 Å². The van der Waals surface area contributed by atoms with Gasteiger partial charge in [0.15, 0.2) is 23.2 Å². The van der Waals surface area contributed by atoms with Crippen LogP contribution in [-0.2, 0) is 13.8 Å². The molecule has 31 heavy (non-hydrogen) atoms. The van der Waals surface area contributed by atoms with Crippen LogP contribution in [0, 0.1) is 0 Å². The molecule has 2 aromatic rings. The molecular weight excluding hydrogens is 431 g/mol. The zero-order chi connectivity index (χ0) is 22.3. The average Bonchev–Trinajstić information content (AvgIpc) is 3.31. The van der Waals surface area contributed by atoms with Crippen molar-refractivity contribution in [3.63, 3.8) is 0 Å². The highest BCUT2D eigenvalue weighted by Gasteiger charge is 2.37. The summed E-state index contributed by atoms with van der Waals surface area (Å²) >= 11 is 0. The number of azide groups is 1. The Morgan fingerprint density at radius 1 is 1.32 bits per heavy atom. The van der Waals surface area contributed by atoms with E-state index in [1.165, 1.54) is 12.7 Å². The number of nitrogens with zero attached hydrogens (tertiary/aromatic N) is 7. The van der Waals surface area contributed by atoms with Crippen LogP contribution >= 0.6 is 7.82 Å². The van der Waals surface area contributed by atoms with Gasteiger partial charge in [0.25, 0.3) is 0 Å². The number of aliphatic hydroxyl groups excluding tert-OH is 1. The molecule has 4 N–H and O–H groups in total. The number of ether oxygens (including phenoxy) is 1. The van der Waals surface area contributed by atoms with E-state index in [9.17, 15) is 9.67 Å². The molecule has 15 heteroatoms. The lowest BCUT2D eigenvalue weighted by atomic mass is 10.2. The number of fused-ring (bicyclic) bond motifs is 1. The van der Waals surface area contributed by atoms with E-state index in [0.29, 0.717) is 30.1 Å². The molecule has 0 aromatic carbocycles. The smallest absolute Gasteiger partial charge is 0.388 e. The molecule has 0 radical (unpaired) electrons. The van der Waals surface area contributed by atoms with Gasteiger partial charge in [-0.1, -0.05) is 18.0 Å². The number of nitrogens with one attached hydrogen (secondary N) is 1. The third-order valence-electron chi connectivity index (χ3n) is 4.77. The van der Waals surface area contributed by atoms with Gasteiger partial charge >= 0.3 is 7.82 Å². The molecule has 3 heterocycles. The van der Waals surface area contributed by atoms with Gasteiger partial charge in [0, 0.05) is 24.4 Å². The first-order valence-electron chi connectivity index (χ1n) is 9.85. The van der Waals surface area contributed by atoms with Crippen molar-refractivity contribution in [1.29, 1.82) is 0 Å². The standard InChI is InChI=1S/C16H25N8O6P/c17-23-22-6-4-2-1-3-5-18-14-13-15(20-9-19-14)24(10-21-13)16-12(25)7-11(30-16)8-29-31(26,27)28/h9-12,16,25H,1-8H2,(H,18,19,20)(H2,26,27,28)/t11-,12+,16+/m0/s1. The van der Waals surface area contributed by atoms with Crippen LogP contribution in [0.4, 0.5) is 5.82 Å². The van der Waals surface area contributed by atoms with Crippen molar-refractivity contribution in [2.75, 3.05) is 25.0 Å². The summed E-state index contributed by atoms with van der Waals surface area (Å²) in [5.74, 6) is 0.562. The Hall–Kier alpha value is -2.31. The van der Waals surface area contributed by atoms with E-state index in [2.05, 4.69) is 34.8 Å². The molecule has 14 nitrogen and oxygen atoms in total. The Bertz CT molecular complexity index is 961. The van der Waals surface area contributed by atoms with Crippen molar-refractivity contribution in [2.24, 2.45) is 5.11 Å². The van der Waals surface area contributed by atoms with Crippen LogP contribution in [0.1, 0.15) is 38.3 Å². The summed E-state index contributed by atoms with van der Waals surface area (Å²) in [4.78, 5) is 33.2. The first-order valence-corrected chi connectivity index (χ1v) is 11.4. The zero-order valence-corrected chi connectivity index (χ0v) is 17.6. The number of aliphatic hydroxyl groups is 1. The van der Waals surface area contributed by atoms with Crippen LogP contribution in [0.3, 0.4) is 0 Å². The largest absolute Gasteiger partial charge is 0.469 e. The third-order valence-corrected chi connectivity index (χ3v) is 5.25. The van der Waals surface area contributed by atoms with Gasteiger partial charge in [-0.25, -0.2) is 19.5 Å². The van der Waals surface area contributed by atoms with Gasteiger partial charge in [-0.15, -0.1) is 0 Å². The molecular formula is C16H25N8O6P. The summed E-state index contributed by atoms with van der Waals surface area (Å²) in [6, 6.07) is 0. The van der Waals surface area contributed by atoms with Crippen LogP contribution in [0.2, 0.25) is 0 Å². The molecule has 0 aliphatic carbocycles. The number of hydrogen-bond donors (Lipinski definition) is 4. The molecule has 3 rings (SSSR count). The number of hydrogen-bond acceptors (Lipinski definition) is 9. The van der Waals surface area contributed by atoms with E-state index in [0.717, 1.165) is 25.7 Å². The monoisotopic (exact) mass is 456 g/mol. The Morgan fingerprint density at radius 3 is 2.90 bits per heavy atom. The predicted molar refractivity (Wildman–Crippen MR) is 109 cm³/mol. The van der Waals surface area contributed by atoms with Crippen LogP contribution < -0.4 is 5.32 Å². The highest BCUT2D eigenvalue weighted by Crippen LogP contribution is 2.38. The number of phosphoric acid groups is 1. The summed E-state index contributed by atoms with van der Waals surface area (Å²) in [5.41, 5.74) is 9.23. The lowest BCUT2D eigenvalue weighted by Gasteiger charge is -2.17. The molecule has 1 aliphatic heterocycles. The quantitative estimate of drug-likeness (QED) is 0.120. The van der Waals surface area contributed by atoms with Gasteiger partial charge in [0.1, 0.15) is 12.4 Å². The molecule has 3 atom stereocenters. The molecule has 1 saturated heterocycles. The summed E-state index contributed by atoms with van der Waals surface area (Å²) in [7, 11) is -4.62. The highest BCUT2D eigenvalue weighted by molar-refractivity contribution is 7.46. The second-order valence-corrected chi connectivity index (χ2v) is 8.32. The summed E-state index contributed by atoms with van der Waals surface area (Å²) in [5, 5.41) is 17.1. The van der Waals surface area contributed by atoms with E-state index in [-0.39, 0.29) is 13.0 Å². The minimum absolute atomic E-state index is 0.153. The minimum atomic E-state index is -4.62. The molecule has 0 saturated carbocycles. The summed E-state index contributed by atoms with van der Waals surface area (Å²) < 4.78 is 22.6. The highest BCUT2D eigenvalue weighted by atomic mass is 31.2. The second-order valence-electron chi connectivity index (χ2n) is 7.08. The van der Waals surface area contributed by atoms with Gasteiger partial charge in [-0.05, 0) is 18.4 Å². The maximum atomic E-state index is 10.9. The maximum Gasteiger partial charge on any atom is 0.469 e. The number of unbranched alkanes of at least 4 members (excludes halogenated alkanes) is 3. The van der Waals surface area contributed by atoms with E-state index in [1.807, 2.05) is 0 Å². The third kappa shape index (κ3) is 6.58. The van der Waals surface area contributed by atoms with Crippen molar-refractivity contribution >= 4 is 24.8 Å². The van der Waals surface area contributed by atoms with Crippen molar-refractivity contribution in [3.05, 3.63) is 23.1 Å². The van der Waals surface area contributed by atoms with E-state index >= 15 is 0 Å². The molecule has 1 fully saturated rings. The molecule has 0 amide bonds. The van der Waals surface area contributed by atoms with E-state index in [1.54, 1.807) is 4.57 Å². The molecule has 1 aliphatic rings. The zero-order valence-electron chi connectivity index (χ0n) is 16.7. The lowest BCUT2D eigenvalue weighted by Crippen LogP contribution is -2.19. The molecule has 0 unspecified atom stereocenters. The van der Waals surface area contributed by atoms with Crippen molar-refractivity contribution in [1.82, 2.24) is 19.5 Å². The minimum Gasteiger partial charge on any atom is -0.388 e. The Morgan fingerprint density at radius 2 is 2.13 bits per heavy atom. The van der Waals surface area contributed by atoms with Gasteiger partial charge in [0.05, 0.1) is 19.0 Å². The van der Waals surface area contributed by atoms with Crippen molar-refractivity contribution in [3.8, 4) is 0 Å². The second kappa shape index (κ2) is 10.8. The number of anilines is 1. The van der Waals surface area contributed by atoms with E-state index in [4.69, 9.17) is 20.1 Å². The van der Waals surface area contributed by atoms with Gasteiger partial charge < -0.3 is 24.9 Å². The predicted octanol–water partition coefficient (Wildman–Crippen LogP) is 1.87. The number of phosphoric ester groups is 1. The first-order chi connectivity index (χ1) is 14.9. The SMILES string of the molecule is [N-]=[N+]=NCCCCCCNc1ncnc2c1ncn2[C@@H]1O[C@H](COP(=O)(O)O)C[C@H]1O. The number of imidazole rings is 1. The first kappa shape index (κ1) is 23.4. The topological polar surface area (TPSA) is 201 Å². The molecule has 170 valence electrons. The Balaban J connectivity index is 1.57. The Kier molecular flexibility index (Phi) is 8.15. The van der Waals surface area contributed by atoms with Crippen LogP contribution in [-0.4, -0.2) is 66.3 Å². The summed E-state index contributed by atoms with van der Waals surface area (Å²) in [6.07, 6.45) is 4.34. The number of rotatable bonds is 12. The lowest BCUT2D eigenvalue weighted by molar-refractivity contribution is -0.0481. The molecule has 2 aromatic heterocycles. The van der Waals surface area contributed by atoms with E-state index < -0.39 is 26.3 Å². The molecule has 0 bridgehead atoms. The van der Waals surface area contributed by atoms with Gasteiger partial charge in [-0.3, -0.25) is 9.09 Å². The molecule has 0 spiro atoms. The fourth-order valence-corrected chi connectivity index (χ4v) is 3.71. The Labute approximate surface area is 177 Å². The summed E-state index contributed by atoms with van der Waals surface area (Å²) in [6.45, 7) is 0.856. The normalized spacial score (nSPS) is 21.3. The fraction of sp³-hybridized carbons (Fsp3) is 0.688. The van der Waals surface area contributed by atoms with Gasteiger partial charge in [-0.2, -0.15) is 0 Å². The number of aromatic nitrogens is 4. The van der Waals surface area contributed by atoms with Crippen molar-refractivity contribution in [2.45, 2.75) is 50.5 Å². The average molecular weight is 456 g/mol. The van der Waals surface area contributed by atoms with Crippen LogP contribution in [0.15, 0.2) is 17.8 Å². The van der Waals surface area contributed by atoms with Crippen LogP contribution in [0.25, 0.3) is 21.6 Å². The van der Waals surface area contributed by atoms with Gasteiger partial charge in [0.2, 0.25) is 0 Å².